The van der Waals surface area contributed by atoms with Gasteiger partial charge in [-0.05, 0) is 37.6 Å². The summed E-state index contributed by atoms with van der Waals surface area (Å²) in [7, 11) is 1.36. The molecule has 0 amide bonds. The molecule has 0 N–H and O–H groups in total. The monoisotopic (exact) mass is 355 g/mol. The second-order valence-corrected chi connectivity index (χ2v) is 6.06. The van der Waals surface area contributed by atoms with Crippen LogP contribution in [0.2, 0.25) is 5.02 Å². The quantitative estimate of drug-likeness (QED) is 0.561. The molecular formula is C15H18ClN3O3S. The molecule has 0 fully saturated rings. The molecule has 0 saturated carbocycles. The van der Waals surface area contributed by atoms with Gasteiger partial charge in [-0.25, -0.2) is 0 Å². The molecule has 2 rings (SSSR count). The van der Waals surface area contributed by atoms with E-state index < -0.39 is 0 Å². The fraction of sp³-hybridized carbons (Fsp3) is 0.400. The zero-order chi connectivity index (χ0) is 16.8. The largest absolute Gasteiger partial charge is 0.486 e. The molecule has 0 aliphatic carbocycles. The first-order valence-corrected chi connectivity index (χ1v) is 8.42. The van der Waals surface area contributed by atoms with E-state index in [1.165, 1.54) is 18.9 Å². The highest BCUT2D eigenvalue weighted by Crippen LogP contribution is 2.22. The van der Waals surface area contributed by atoms with E-state index >= 15 is 0 Å². The molecule has 0 aliphatic rings. The van der Waals surface area contributed by atoms with Crippen molar-refractivity contribution >= 4 is 29.3 Å². The van der Waals surface area contributed by atoms with Gasteiger partial charge in [-0.2, -0.15) is 0 Å². The van der Waals surface area contributed by atoms with E-state index in [9.17, 15) is 4.79 Å². The van der Waals surface area contributed by atoms with E-state index in [1.54, 1.807) is 6.07 Å². The van der Waals surface area contributed by atoms with Crippen LogP contribution in [-0.4, -0.2) is 33.6 Å². The second kappa shape index (κ2) is 8.21. The smallest absolute Gasteiger partial charge is 0.316 e. The van der Waals surface area contributed by atoms with Crippen LogP contribution in [0, 0.1) is 6.92 Å². The van der Waals surface area contributed by atoms with Gasteiger partial charge in [0.1, 0.15) is 12.4 Å². The number of carbonyl (C=O) groups excluding carboxylic acids is 1. The molecule has 0 aliphatic heterocycles. The maximum Gasteiger partial charge on any atom is 0.316 e. The van der Waals surface area contributed by atoms with Gasteiger partial charge in [-0.15, -0.1) is 10.2 Å². The summed E-state index contributed by atoms with van der Waals surface area (Å²) >= 11 is 7.29. The number of aromatic nitrogens is 3. The molecule has 23 heavy (non-hydrogen) atoms. The maximum absolute atomic E-state index is 11.2. The highest BCUT2D eigenvalue weighted by atomic mass is 35.5. The summed E-state index contributed by atoms with van der Waals surface area (Å²) in [6.07, 6.45) is 0. The zero-order valence-electron chi connectivity index (χ0n) is 13.2. The average Bonchev–Trinajstić information content (AvgIpc) is 2.95. The number of hydrogen-bond acceptors (Lipinski definition) is 6. The summed E-state index contributed by atoms with van der Waals surface area (Å²) in [6.45, 7) is 4.89. The normalized spacial score (nSPS) is 10.6. The summed E-state index contributed by atoms with van der Waals surface area (Å²) in [4.78, 5) is 11.2. The number of aryl methyl sites for hydroxylation is 1. The standard InChI is InChI=1S/C15H18ClN3O3S/c1-4-19-13(17-18-15(19)23-9-14(20)21-3)8-22-11-5-6-12(16)10(2)7-11/h5-7H,4,8-9H2,1-3H3. The molecule has 0 radical (unpaired) electrons. The third-order valence-electron chi connectivity index (χ3n) is 3.15. The van der Waals surface area contributed by atoms with Crippen LogP contribution in [0.25, 0.3) is 0 Å². The molecule has 0 spiro atoms. The molecule has 2 aromatic rings. The Labute approximate surface area is 144 Å². The summed E-state index contributed by atoms with van der Waals surface area (Å²) in [5.41, 5.74) is 0.954. The van der Waals surface area contributed by atoms with Crippen LogP contribution < -0.4 is 4.74 Å². The lowest BCUT2D eigenvalue weighted by atomic mass is 10.2. The van der Waals surface area contributed by atoms with Gasteiger partial charge in [-0.1, -0.05) is 23.4 Å². The average molecular weight is 356 g/mol. The highest BCUT2D eigenvalue weighted by Gasteiger charge is 2.14. The molecular weight excluding hydrogens is 338 g/mol. The van der Waals surface area contributed by atoms with Crippen molar-refractivity contribution in [2.45, 2.75) is 32.2 Å². The molecule has 0 unspecified atom stereocenters. The predicted octanol–water partition coefficient (Wildman–Crippen LogP) is 3.10. The minimum absolute atomic E-state index is 0.200. The first-order valence-electron chi connectivity index (χ1n) is 7.05. The third-order valence-corrected chi connectivity index (χ3v) is 4.52. The summed E-state index contributed by atoms with van der Waals surface area (Å²) < 4.78 is 12.3. The number of halogens is 1. The van der Waals surface area contributed by atoms with E-state index in [0.29, 0.717) is 29.2 Å². The van der Waals surface area contributed by atoms with Crippen LogP contribution in [0.15, 0.2) is 23.4 Å². The Morgan fingerprint density at radius 3 is 2.83 bits per heavy atom. The number of hydrogen-bond donors (Lipinski definition) is 0. The first-order chi connectivity index (χ1) is 11.0. The third kappa shape index (κ3) is 4.62. The highest BCUT2D eigenvalue weighted by molar-refractivity contribution is 7.99. The van der Waals surface area contributed by atoms with Crippen LogP contribution in [0.4, 0.5) is 0 Å². The molecule has 1 heterocycles. The minimum atomic E-state index is -0.296. The van der Waals surface area contributed by atoms with E-state index in [2.05, 4.69) is 14.9 Å². The van der Waals surface area contributed by atoms with E-state index in [4.69, 9.17) is 16.3 Å². The van der Waals surface area contributed by atoms with Crippen molar-refractivity contribution in [1.82, 2.24) is 14.8 Å². The fourth-order valence-electron chi connectivity index (χ4n) is 1.89. The van der Waals surface area contributed by atoms with Gasteiger partial charge in [0.25, 0.3) is 0 Å². The van der Waals surface area contributed by atoms with E-state index in [-0.39, 0.29) is 11.7 Å². The Morgan fingerprint density at radius 1 is 1.39 bits per heavy atom. The van der Waals surface area contributed by atoms with Gasteiger partial charge in [0, 0.05) is 11.6 Å². The molecule has 8 heteroatoms. The second-order valence-electron chi connectivity index (χ2n) is 4.71. The maximum atomic E-state index is 11.2. The lowest BCUT2D eigenvalue weighted by Gasteiger charge is -2.09. The summed E-state index contributed by atoms with van der Waals surface area (Å²) in [5, 5.41) is 9.61. The molecule has 6 nitrogen and oxygen atoms in total. The van der Waals surface area contributed by atoms with Crippen molar-refractivity contribution in [3.8, 4) is 5.75 Å². The van der Waals surface area contributed by atoms with E-state index in [1.807, 2.05) is 30.5 Å². The van der Waals surface area contributed by atoms with Gasteiger partial charge in [0.05, 0.1) is 12.9 Å². The molecule has 0 atom stereocenters. The van der Waals surface area contributed by atoms with Gasteiger partial charge >= 0.3 is 5.97 Å². The van der Waals surface area contributed by atoms with Crippen molar-refractivity contribution in [2.24, 2.45) is 0 Å². The van der Waals surface area contributed by atoms with Gasteiger partial charge in [0.15, 0.2) is 11.0 Å². The number of thioether (sulfide) groups is 1. The summed E-state index contributed by atoms with van der Waals surface area (Å²) in [5.74, 6) is 1.33. The van der Waals surface area contributed by atoms with Crippen molar-refractivity contribution in [1.29, 1.82) is 0 Å². The first kappa shape index (κ1) is 17.6. The van der Waals surface area contributed by atoms with Crippen LogP contribution in [0.1, 0.15) is 18.3 Å². The predicted molar refractivity (Wildman–Crippen MR) is 89.0 cm³/mol. The lowest BCUT2D eigenvalue weighted by Crippen LogP contribution is -2.08. The Morgan fingerprint density at radius 2 is 2.17 bits per heavy atom. The van der Waals surface area contributed by atoms with Crippen molar-refractivity contribution in [3.05, 3.63) is 34.6 Å². The molecule has 124 valence electrons. The zero-order valence-corrected chi connectivity index (χ0v) is 14.8. The van der Waals surface area contributed by atoms with Crippen LogP contribution in [0.3, 0.4) is 0 Å². The van der Waals surface area contributed by atoms with Crippen molar-refractivity contribution in [3.63, 3.8) is 0 Å². The Hall–Kier alpha value is -1.73. The lowest BCUT2D eigenvalue weighted by molar-refractivity contribution is -0.137. The number of rotatable bonds is 7. The Kier molecular flexibility index (Phi) is 6.29. The van der Waals surface area contributed by atoms with Crippen LogP contribution >= 0.6 is 23.4 Å². The van der Waals surface area contributed by atoms with Gasteiger partial charge < -0.3 is 14.0 Å². The Balaban J connectivity index is 2.03. The number of methoxy groups -OCH3 is 1. The van der Waals surface area contributed by atoms with Crippen molar-refractivity contribution < 1.29 is 14.3 Å². The van der Waals surface area contributed by atoms with E-state index in [0.717, 1.165) is 11.3 Å². The van der Waals surface area contributed by atoms with Gasteiger partial charge in [0.2, 0.25) is 0 Å². The number of benzene rings is 1. The van der Waals surface area contributed by atoms with Crippen molar-refractivity contribution in [2.75, 3.05) is 12.9 Å². The Bertz CT molecular complexity index is 691. The molecule has 1 aromatic carbocycles. The number of carbonyl (C=O) groups is 1. The SMILES string of the molecule is CCn1c(COc2ccc(Cl)c(C)c2)nnc1SCC(=O)OC. The molecule has 0 bridgehead atoms. The number of esters is 1. The minimum Gasteiger partial charge on any atom is -0.486 e. The molecule has 1 aromatic heterocycles. The summed E-state index contributed by atoms with van der Waals surface area (Å²) in [6, 6.07) is 5.49. The topological polar surface area (TPSA) is 66.2 Å². The number of nitrogens with zero attached hydrogens (tertiary/aromatic N) is 3. The van der Waals surface area contributed by atoms with Crippen LogP contribution in [-0.2, 0) is 22.7 Å². The van der Waals surface area contributed by atoms with Gasteiger partial charge in [-0.3, -0.25) is 4.79 Å². The fourth-order valence-corrected chi connectivity index (χ4v) is 2.86. The van der Waals surface area contributed by atoms with Crippen LogP contribution in [0.5, 0.6) is 5.75 Å². The number of ether oxygens (including phenoxy) is 2. The molecule has 0 saturated heterocycles.